The van der Waals surface area contributed by atoms with Crippen LogP contribution in [0.3, 0.4) is 0 Å². The van der Waals surface area contributed by atoms with E-state index < -0.39 is 5.97 Å². The van der Waals surface area contributed by atoms with Gasteiger partial charge in [-0.1, -0.05) is 24.3 Å². The van der Waals surface area contributed by atoms with Crippen LogP contribution in [0.1, 0.15) is 27.0 Å². The molecule has 2 N–H and O–H groups in total. The molecular formula is C31H29N5O4S. The van der Waals surface area contributed by atoms with Gasteiger partial charge in [-0.15, -0.1) is 11.3 Å². The summed E-state index contributed by atoms with van der Waals surface area (Å²) in [5, 5.41) is 11.8. The largest absolute Gasteiger partial charge is 0.494 e. The third kappa shape index (κ3) is 5.44. The summed E-state index contributed by atoms with van der Waals surface area (Å²) in [7, 11) is 3.40. The Kier molecular flexibility index (Phi) is 7.25. The Labute approximate surface area is 240 Å². The summed E-state index contributed by atoms with van der Waals surface area (Å²) in [6.45, 7) is 3.28. The van der Waals surface area contributed by atoms with Gasteiger partial charge in [-0.3, -0.25) is 4.79 Å². The van der Waals surface area contributed by atoms with Crippen molar-refractivity contribution < 1.29 is 19.4 Å². The van der Waals surface area contributed by atoms with E-state index in [1.807, 2.05) is 47.4 Å². The SMILES string of the molecule is COC(=O)c1ccc2c(C(=Nc3ccc(CC(=O)N4CCN(C)CC4)cc3)c3ccc4ncsc4c3)c(O)[nH]c2c1. The Bertz CT molecular complexity index is 1780. The number of benzene rings is 3. The lowest BCUT2D eigenvalue weighted by atomic mass is 9.99. The summed E-state index contributed by atoms with van der Waals surface area (Å²) in [5.74, 6) is -0.388. The first-order valence-corrected chi connectivity index (χ1v) is 14.2. The van der Waals surface area contributed by atoms with E-state index >= 15 is 0 Å². The highest BCUT2D eigenvalue weighted by molar-refractivity contribution is 7.16. The Morgan fingerprint density at radius 3 is 2.54 bits per heavy atom. The maximum absolute atomic E-state index is 12.8. The number of rotatable bonds is 6. The molecule has 0 bridgehead atoms. The summed E-state index contributed by atoms with van der Waals surface area (Å²) in [5.41, 5.74) is 7.15. The van der Waals surface area contributed by atoms with Crippen LogP contribution in [0.2, 0.25) is 0 Å². The number of methoxy groups -OCH3 is 1. The normalized spacial score (nSPS) is 14.6. The van der Waals surface area contributed by atoms with Gasteiger partial charge in [-0.25, -0.2) is 14.8 Å². The fraction of sp³-hybridized carbons (Fsp3) is 0.226. The minimum atomic E-state index is -0.460. The van der Waals surface area contributed by atoms with Crippen molar-refractivity contribution in [3.63, 3.8) is 0 Å². The van der Waals surface area contributed by atoms with Gasteiger partial charge in [0.15, 0.2) is 5.88 Å². The van der Waals surface area contributed by atoms with Gasteiger partial charge in [0.1, 0.15) is 0 Å². The van der Waals surface area contributed by atoms with Crippen molar-refractivity contribution in [1.29, 1.82) is 0 Å². The first-order chi connectivity index (χ1) is 19.9. The molecule has 208 valence electrons. The van der Waals surface area contributed by atoms with E-state index in [1.54, 1.807) is 23.7 Å². The summed E-state index contributed by atoms with van der Waals surface area (Å²) < 4.78 is 5.85. The Balaban J connectivity index is 1.37. The topological polar surface area (TPSA) is 111 Å². The number of carbonyl (C=O) groups is 2. The predicted octanol–water partition coefficient (Wildman–Crippen LogP) is 4.76. The zero-order valence-corrected chi connectivity index (χ0v) is 23.6. The molecule has 1 fully saturated rings. The van der Waals surface area contributed by atoms with Crippen molar-refractivity contribution in [2.24, 2.45) is 4.99 Å². The third-order valence-corrected chi connectivity index (χ3v) is 8.22. The number of nitrogens with one attached hydrogen (secondary N) is 1. The number of piperazine rings is 1. The number of aliphatic imine (C=N–C) groups is 1. The molecule has 0 unspecified atom stereocenters. The van der Waals surface area contributed by atoms with E-state index in [4.69, 9.17) is 9.73 Å². The van der Waals surface area contributed by atoms with Gasteiger partial charge < -0.3 is 24.6 Å². The zero-order chi connectivity index (χ0) is 28.5. The molecular weight excluding hydrogens is 538 g/mol. The van der Waals surface area contributed by atoms with Crippen molar-refractivity contribution >= 4 is 55.7 Å². The van der Waals surface area contributed by atoms with E-state index in [0.29, 0.717) is 39.8 Å². The number of aromatic amines is 1. The molecule has 3 aromatic carbocycles. The molecule has 0 atom stereocenters. The molecule has 0 spiro atoms. The van der Waals surface area contributed by atoms with E-state index in [-0.39, 0.29) is 11.8 Å². The highest BCUT2D eigenvalue weighted by Gasteiger charge is 2.22. The molecule has 9 nitrogen and oxygen atoms in total. The monoisotopic (exact) mass is 567 g/mol. The number of amides is 1. The van der Waals surface area contributed by atoms with Crippen molar-refractivity contribution in [2.75, 3.05) is 40.3 Å². The number of esters is 1. The molecule has 0 radical (unpaired) electrons. The standard InChI is InChI=1S/C31H29N5O4S/c1-35-11-13-36(14-12-35)27(37)15-19-3-7-22(8-4-19)33-29(20-6-10-24-26(17-20)41-18-32-24)28-23-9-5-21(31(39)40-2)16-25(23)34-30(28)38/h3-10,16-18,34,38H,11-15H2,1-2H3. The van der Waals surface area contributed by atoms with Gasteiger partial charge in [0.2, 0.25) is 5.91 Å². The summed E-state index contributed by atoms with van der Waals surface area (Å²) in [6.07, 6.45) is 0.342. The quantitative estimate of drug-likeness (QED) is 0.226. The fourth-order valence-electron chi connectivity index (χ4n) is 5.09. The number of hydrogen-bond donors (Lipinski definition) is 2. The average molecular weight is 568 g/mol. The number of ether oxygens (including phenoxy) is 1. The fourth-order valence-corrected chi connectivity index (χ4v) is 5.81. The number of fused-ring (bicyclic) bond motifs is 2. The summed E-state index contributed by atoms with van der Waals surface area (Å²) in [4.78, 5) is 41.4. The van der Waals surface area contributed by atoms with Crippen LogP contribution >= 0.6 is 11.3 Å². The number of hydrogen-bond acceptors (Lipinski definition) is 8. The van der Waals surface area contributed by atoms with Crippen LogP contribution in [-0.2, 0) is 16.0 Å². The van der Waals surface area contributed by atoms with Gasteiger partial charge in [-0.05, 0) is 49.0 Å². The van der Waals surface area contributed by atoms with Crippen LogP contribution in [0.5, 0.6) is 5.88 Å². The van der Waals surface area contributed by atoms with Gasteiger partial charge in [-0.2, -0.15) is 0 Å². The highest BCUT2D eigenvalue weighted by atomic mass is 32.1. The van der Waals surface area contributed by atoms with Crippen LogP contribution in [0.15, 0.2) is 71.2 Å². The molecule has 0 saturated carbocycles. The number of aromatic hydroxyl groups is 1. The molecule has 6 rings (SSSR count). The lowest BCUT2D eigenvalue weighted by Crippen LogP contribution is -2.47. The summed E-state index contributed by atoms with van der Waals surface area (Å²) in [6, 6.07) is 18.6. The molecule has 1 aliphatic heterocycles. The van der Waals surface area contributed by atoms with Crippen molar-refractivity contribution in [1.82, 2.24) is 19.8 Å². The van der Waals surface area contributed by atoms with Gasteiger partial charge in [0, 0.05) is 42.6 Å². The first kappa shape index (κ1) is 26.7. The highest BCUT2D eigenvalue weighted by Crippen LogP contribution is 2.33. The average Bonchev–Trinajstić information content (AvgIpc) is 3.59. The Morgan fingerprint density at radius 1 is 1.02 bits per heavy atom. The second-order valence-corrected chi connectivity index (χ2v) is 11.0. The Hall–Kier alpha value is -4.54. The van der Waals surface area contributed by atoms with Crippen LogP contribution in [-0.4, -0.2) is 82.8 Å². The third-order valence-electron chi connectivity index (χ3n) is 7.43. The number of nitrogens with zero attached hydrogens (tertiary/aromatic N) is 4. The molecule has 1 saturated heterocycles. The van der Waals surface area contributed by atoms with Gasteiger partial charge >= 0.3 is 5.97 Å². The smallest absolute Gasteiger partial charge is 0.337 e. The lowest BCUT2D eigenvalue weighted by Gasteiger charge is -2.32. The Morgan fingerprint density at radius 2 is 1.78 bits per heavy atom. The zero-order valence-electron chi connectivity index (χ0n) is 22.8. The molecule has 10 heteroatoms. The van der Waals surface area contributed by atoms with E-state index in [2.05, 4.69) is 21.9 Å². The van der Waals surface area contributed by atoms with E-state index in [0.717, 1.165) is 47.5 Å². The molecule has 41 heavy (non-hydrogen) atoms. The minimum Gasteiger partial charge on any atom is -0.494 e. The maximum atomic E-state index is 12.8. The molecule has 5 aromatic rings. The van der Waals surface area contributed by atoms with Crippen molar-refractivity contribution in [3.8, 4) is 5.88 Å². The molecule has 0 aliphatic carbocycles. The van der Waals surface area contributed by atoms with E-state index in [9.17, 15) is 14.7 Å². The first-order valence-electron chi connectivity index (χ1n) is 13.3. The van der Waals surface area contributed by atoms with Crippen LogP contribution < -0.4 is 0 Å². The number of H-pyrrole nitrogens is 1. The molecule has 3 heterocycles. The predicted molar refractivity (Wildman–Crippen MR) is 160 cm³/mol. The van der Waals surface area contributed by atoms with Crippen LogP contribution in [0, 0.1) is 0 Å². The van der Waals surface area contributed by atoms with Crippen molar-refractivity contribution in [2.45, 2.75) is 6.42 Å². The van der Waals surface area contributed by atoms with Gasteiger partial charge in [0.05, 0.1) is 51.8 Å². The minimum absolute atomic E-state index is 0.0560. The number of likely N-dealkylation sites (N-methyl/N-ethyl adjacent to an activating group) is 1. The van der Waals surface area contributed by atoms with E-state index in [1.165, 1.54) is 18.4 Å². The second-order valence-electron chi connectivity index (χ2n) is 10.1. The van der Waals surface area contributed by atoms with Crippen molar-refractivity contribution in [3.05, 3.63) is 88.4 Å². The van der Waals surface area contributed by atoms with Crippen LogP contribution in [0.25, 0.3) is 21.1 Å². The maximum Gasteiger partial charge on any atom is 0.337 e. The number of aromatic nitrogens is 2. The number of carbonyl (C=O) groups excluding carboxylic acids is 2. The molecule has 2 aromatic heterocycles. The van der Waals surface area contributed by atoms with Crippen LogP contribution in [0.4, 0.5) is 5.69 Å². The molecule has 1 aliphatic rings. The second kappa shape index (κ2) is 11.1. The molecule has 1 amide bonds. The number of thiazole rings is 1. The lowest BCUT2D eigenvalue weighted by molar-refractivity contribution is -0.132. The van der Waals surface area contributed by atoms with Gasteiger partial charge in [0.25, 0.3) is 0 Å². The summed E-state index contributed by atoms with van der Waals surface area (Å²) >= 11 is 1.53.